The van der Waals surface area contributed by atoms with Gasteiger partial charge < -0.3 is 15.4 Å². The van der Waals surface area contributed by atoms with Gasteiger partial charge in [-0.1, -0.05) is 30.3 Å². The van der Waals surface area contributed by atoms with E-state index in [1.165, 1.54) is 0 Å². The van der Waals surface area contributed by atoms with Crippen molar-refractivity contribution in [2.45, 2.75) is 12.5 Å². The van der Waals surface area contributed by atoms with E-state index in [1.807, 2.05) is 6.07 Å². The number of ether oxygens (including phenoxy) is 1. The summed E-state index contributed by atoms with van der Waals surface area (Å²) in [5.74, 6) is -0.898. The summed E-state index contributed by atoms with van der Waals surface area (Å²) in [5, 5.41) is 0. The van der Waals surface area contributed by atoms with E-state index in [0.29, 0.717) is 0 Å². The van der Waals surface area contributed by atoms with E-state index < -0.39 is 26.0 Å². The zero-order valence-electron chi connectivity index (χ0n) is 9.36. The van der Waals surface area contributed by atoms with Crippen LogP contribution in [0.1, 0.15) is 5.56 Å². The fourth-order valence-electron chi connectivity index (χ4n) is 1.22. The lowest BCUT2D eigenvalue weighted by Gasteiger charge is -2.12. The minimum Gasteiger partial charge on any atom is -0.451 e. The van der Waals surface area contributed by atoms with Gasteiger partial charge in [-0.3, -0.25) is 9.36 Å². The number of hydrogen-bond acceptors (Lipinski definition) is 5. The molecular formula is C10H13FNO5P. The molecule has 0 spiro atoms. The first-order chi connectivity index (χ1) is 8.44. The van der Waals surface area contributed by atoms with Crippen molar-refractivity contribution >= 4 is 13.6 Å². The lowest BCUT2D eigenvalue weighted by atomic mass is 10.1. The summed E-state index contributed by atoms with van der Waals surface area (Å²) in [7, 11) is -4.51. The molecule has 1 aromatic carbocycles. The molecule has 6 nitrogen and oxygen atoms in total. The minimum absolute atomic E-state index is 0.214. The molecule has 2 atom stereocenters. The zero-order chi connectivity index (χ0) is 13.6. The Balaban J connectivity index is 2.45. The fraction of sp³-hybridized carbons (Fsp3) is 0.300. The summed E-state index contributed by atoms with van der Waals surface area (Å²) in [6.45, 7) is 0. The number of carbonyl (C=O) groups is 1. The molecule has 0 aromatic heterocycles. The third-order valence-corrected chi connectivity index (χ3v) is 2.75. The van der Waals surface area contributed by atoms with Crippen molar-refractivity contribution in [1.29, 1.82) is 0 Å². The Hall–Kier alpha value is -1.27. The predicted octanol–water partition coefficient (Wildman–Crippen LogP) is 1.14. The third kappa shape index (κ3) is 4.93. The third-order valence-electron chi connectivity index (χ3n) is 2.08. The molecule has 0 fully saturated rings. The lowest BCUT2D eigenvalue weighted by molar-refractivity contribution is -0.144. The van der Waals surface area contributed by atoms with Crippen molar-refractivity contribution in [2.24, 2.45) is 5.73 Å². The van der Waals surface area contributed by atoms with Crippen LogP contribution in [0.3, 0.4) is 0 Å². The van der Waals surface area contributed by atoms with Crippen molar-refractivity contribution in [2.75, 3.05) is 6.35 Å². The summed E-state index contributed by atoms with van der Waals surface area (Å²) in [6.07, 6.45) is -0.850. The predicted molar refractivity (Wildman–Crippen MR) is 61.1 cm³/mol. The number of esters is 1. The number of halogens is 1. The van der Waals surface area contributed by atoms with Crippen LogP contribution in [0.4, 0.5) is 4.53 Å². The Morgan fingerprint density at radius 3 is 2.61 bits per heavy atom. The van der Waals surface area contributed by atoms with Gasteiger partial charge in [0.25, 0.3) is 0 Å². The van der Waals surface area contributed by atoms with Crippen molar-refractivity contribution in [3.05, 3.63) is 35.9 Å². The molecule has 3 N–H and O–H groups in total. The molecule has 1 unspecified atom stereocenters. The summed E-state index contributed by atoms with van der Waals surface area (Å²) in [4.78, 5) is 20.0. The highest BCUT2D eigenvalue weighted by atomic mass is 31.2. The molecule has 8 heteroatoms. The number of rotatable bonds is 6. The van der Waals surface area contributed by atoms with Crippen molar-refractivity contribution < 1.29 is 28.2 Å². The SMILES string of the molecule is N[C@@H](Cc1ccccc1)C(=O)OCP(=O)(O)OF. The van der Waals surface area contributed by atoms with Crippen LogP contribution in [0.25, 0.3) is 0 Å². The van der Waals surface area contributed by atoms with Crippen LogP contribution in [0.2, 0.25) is 0 Å². The first-order valence-corrected chi connectivity index (χ1v) is 6.79. The van der Waals surface area contributed by atoms with E-state index >= 15 is 0 Å². The molecule has 0 heterocycles. The maximum atomic E-state index is 11.5. The average molecular weight is 277 g/mol. The summed E-state index contributed by atoms with van der Waals surface area (Å²) >= 11 is 0. The molecule has 0 saturated heterocycles. The number of hydrogen-bond donors (Lipinski definition) is 2. The van der Waals surface area contributed by atoms with Crippen LogP contribution < -0.4 is 5.73 Å². The van der Waals surface area contributed by atoms with Gasteiger partial charge in [0.15, 0.2) is 6.35 Å². The molecule has 1 rings (SSSR count). The van der Waals surface area contributed by atoms with E-state index in [4.69, 9.17) is 10.6 Å². The van der Waals surface area contributed by atoms with Gasteiger partial charge >= 0.3 is 13.6 Å². The number of carbonyl (C=O) groups excluding carboxylic acids is 1. The average Bonchev–Trinajstić information content (AvgIpc) is 2.37. The zero-order valence-corrected chi connectivity index (χ0v) is 10.3. The molecule has 18 heavy (non-hydrogen) atoms. The number of benzene rings is 1. The molecule has 1 aromatic rings. The van der Waals surface area contributed by atoms with Crippen LogP contribution in [-0.2, 0) is 25.2 Å². The Labute approximate surface area is 103 Å². The Morgan fingerprint density at radius 2 is 2.06 bits per heavy atom. The van der Waals surface area contributed by atoms with E-state index in [2.05, 4.69) is 9.47 Å². The van der Waals surface area contributed by atoms with Gasteiger partial charge in [0.2, 0.25) is 0 Å². The van der Waals surface area contributed by atoms with Crippen LogP contribution in [-0.4, -0.2) is 23.3 Å². The molecule has 0 bridgehead atoms. The largest absolute Gasteiger partial charge is 0.451 e. The normalized spacial score (nSPS) is 15.7. The van der Waals surface area contributed by atoms with Gasteiger partial charge in [-0.15, -0.1) is 4.73 Å². The molecule has 0 aliphatic heterocycles. The highest BCUT2D eigenvalue weighted by molar-refractivity contribution is 7.52. The van der Waals surface area contributed by atoms with Gasteiger partial charge in [-0.2, -0.15) is 0 Å². The summed E-state index contributed by atoms with van der Waals surface area (Å²) < 4.78 is 29.4. The standard InChI is InChI=1S/C10H13FNO5P/c11-17-18(14,15)7-16-10(13)9(12)6-8-4-2-1-3-5-8/h1-5,9H,6-7,12H2,(H,14,15)/t9-/m0/s1. The summed E-state index contributed by atoms with van der Waals surface area (Å²) in [5.41, 5.74) is 6.36. The Morgan fingerprint density at radius 1 is 1.44 bits per heavy atom. The molecule has 0 radical (unpaired) electrons. The number of nitrogens with two attached hydrogens (primary N) is 1. The van der Waals surface area contributed by atoms with Gasteiger partial charge in [0.05, 0.1) is 0 Å². The smallest absolute Gasteiger partial charge is 0.397 e. The lowest BCUT2D eigenvalue weighted by Crippen LogP contribution is -2.34. The second-order valence-corrected chi connectivity index (χ2v) is 5.27. The van der Waals surface area contributed by atoms with Crippen LogP contribution in [0, 0.1) is 0 Å². The van der Waals surface area contributed by atoms with Gasteiger partial charge in [-0.25, -0.2) is 0 Å². The molecule has 0 aliphatic carbocycles. The minimum atomic E-state index is -4.51. The van der Waals surface area contributed by atoms with Gasteiger partial charge in [-0.05, 0) is 16.5 Å². The second-order valence-electron chi connectivity index (χ2n) is 3.60. The molecule has 0 amide bonds. The first-order valence-electron chi connectivity index (χ1n) is 5.03. The Kier molecular flexibility index (Phi) is 5.43. The highest BCUT2D eigenvalue weighted by Gasteiger charge is 2.25. The van der Waals surface area contributed by atoms with Gasteiger partial charge in [0, 0.05) is 0 Å². The van der Waals surface area contributed by atoms with Crippen molar-refractivity contribution in [1.82, 2.24) is 0 Å². The molecular weight excluding hydrogens is 264 g/mol. The monoisotopic (exact) mass is 277 g/mol. The topological polar surface area (TPSA) is 98.9 Å². The van der Waals surface area contributed by atoms with Crippen molar-refractivity contribution in [3.63, 3.8) is 0 Å². The fourth-order valence-corrected chi connectivity index (χ4v) is 1.55. The maximum Gasteiger partial charge on any atom is 0.397 e. The molecule has 100 valence electrons. The second kappa shape index (κ2) is 6.61. The van der Waals surface area contributed by atoms with Crippen molar-refractivity contribution in [3.8, 4) is 0 Å². The van der Waals surface area contributed by atoms with Gasteiger partial charge in [0.1, 0.15) is 6.04 Å². The first kappa shape index (κ1) is 14.8. The highest BCUT2D eigenvalue weighted by Crippen LogP contribution is 2.41. The molecule has 0 aliphatic rings. The quantitative estimate of drug-likeness (QED) is 0.597. The van der Waals surface area contributed by atoms with Crippen LogP contribution in [0.15, 0.2) is 30.3 Å². The van der Waals surface area contributed by atoms with E-state index in [-0.39, 0.29) is 6.42 Å². The van der Waals surface area contributed by atoms with Crippen LogP contribution in [0.5, 0.6) is 0 Å². The van der Waals surface area contributed by atoms with E-state index in [0.717, 1.165) is 5.56 Å². The maximum absolute atomic E-state index is 11.5. The molecule has 0 saturated carbocycles. The van der Waals surface area contributed by atoms with E-state index in [9.17, 15) is 13.9 Å². The Bertz CT molecular complexity index is 441. The summed E-state index contributed by atoms with van der Waals surface area (Å²) in [6, 6.07) is 7.93. The van der Waals surface area contributed by atoms with E-state index in [1.54, 1.807) is 24.3 Å². The van der Waals surface area contributed by atoms with Crippen LogP contribution >= 0.6 is 7.60 Å².